The Labute approximate surface area is 190 Å². The molecule has 164 valence electrons. The Balaban J connectivity index is 1.12. The van der Waals surface area contributed by atoms with Crippen molar-refractivity contribution in [2.24, 2.45) is 0 Å². The zero-order chi connectivity index (χ0) is 21.5. The fraction of sp³-hybridized carbons (Fsp3) is 0.375. The smallest absolute Gasteiger partial charge is 0.281 e. The summed E-state index contributed by atoms with van der Waals surface area (Å²) < 4.78 is 7.02. The van der Waals surface area contributed by atoms with Crippen molar-refractivity contribution >= 4 is 38.5 Å². The average molecular weight is 448 g/mol. The zero-order valence-electron chi connectivity index (χ0n) is 17.8. The number of H-pyrrole nitrogens is 1. The summed E-state index contributed by atoms with van der Waals surface area (Å²) in [6, 6.07) is 10.5. The molecule has 0 saturated carbocycles. The Morgan fingerprint density at radius 2 is 2.09 bits per heavy atom. The van der Waals surface area contributed by atoms with Crippen molar-refractivity contribution in [3.63, 3.8) is 0 Å². The molecule has 32 heavy (non-hydrogen) atoms. The summed E-state index contributed by atoms with van der Waals surface area (Å²) in [5, 5.41) is 1.82. The molecule has 1 aromatic carbocycles. The van der Waals surface area contributed by atoms with Gasteiger partial charge in [-0.1, -0.05) is 11.3 Å². The molecular weight excluding hydrogens is 422 g/mol. The van der Waals surface area contributed by atoms with Crippen LogP contribution >= 0.6 is 11.3 Å². The number of benzene rings is 1. The highest BCUT2D eigenvalue weighted by Crippen LogP contribution is 2.32. The van der Waals surface area contributed by atoms with Crippen LogP contribution < -0.4 is 4.74 Å². The van der Waals surface area contributed by atoms with Gasteiger partial charge in [-0.3, -0.25) is 9.69 Å². The van der Waals surface area contributed by atoms with Crippen molar-refractivity contribution in [1.82, 2.24) is 24.8 Å². The molecule has 4 aromatic rings. The molecule has 0 unspecified atom stereocenters. The number of piperidine rings is 1. The standard InChI is InChI=1S/C24H25N5O2S/c30-22-4-2-10-29(22)17-7-11-28(12-8-17)15-16-14-26-20-13-18(5-6-19(16)20)31-24-27-23-21(32-24)3-1-9-25-23/h1,3,5-6,9,13-14,17,26H,2,4,7-8,10-12,15H2. The first kappa shape index (κ1) is 19.7. The monoisotopic (exact) mass is 447 g/mol. The highest BCUT2D eigenvalue weighted by molar-refractivity contribution is 7.20. The summed E-state index contributed by atoms with van der Waals surface area (Å²) in [6.07, 6.45) is 7.75. The fourth-order valence-corrected chi connectivity index (χ4v) is 5.73. The third kappa shape index (κ3) is 3.73. The molecule has 2 aliphatic rings. The Morgan fingerprint density at radius 1 is 1.19 bits per heavy atom. The molecule has 1 amide bonds. The van der Waals surface area contributed by atoms with Crippen LogP contribution in [0.1, 0.15) is 31.2 Å². The first-order chi connectivity index (χ1) is 15.7. The number of rotatable bonds is 5. The molecule has 2 aliphatic heterocycles. The molecule has 3 aromatic heterocycles. The number of fused-ring (bicyclic) bond motifs is 2. The lowest BCUT2D eigenvalue weighted by Crippen LogP contribution is -2.45. The topological polar surface area (TPSA) is 74.4 Å². The maximum absolute atomic E-state index is 12.0. The van der Waals surface area contributed by atoms with E-state index in [9.17, 15) is 4.79 Å². The van der Waals surface area contributed by atoms with E-state index in [0.717, 1.165) is 67.8 Å². The molecule has 0 spiro atoms. The van der Waals surface area contributed by atoms with Gasteiger partial charge >= 0.3 is 0 Å². The lowest BCUT2D eigenvalue weighted by molar-refractivity contribution is -0.130. The second-order valence-electron chi connectivity index (χ2n) is 8.63. The second-order valence-corrected chi connectivity index (χ2v) is 9.62. The predicted molar refractivity (Wildman–Crippen MR) is 125 cm³/mol. The Morgan fingerprint density at radius 3 is 2.91 bits per heavy atom. The molecular formula is C24H25N5O2S. The number of nitrogens with zero attached hydrogens (tertiary/aromatic N) is 4. The first-order valence-corrected chi connectivity index (χ1v) is 12.1. The summed E-state index contributed by atoms with van der Waals surface area (Å²) in [4.78, 5) is 28.8. The minimum Gasteiger partial charge on any atom is -0.431 e. The van der Waals surface area contributed by atoms with E-state index in [1.165, 1.54) is 22.3 Å². The Kier molecular flexibility index (Phi) is 5.04. The Hall–Kier alpha value is -2.97. The molecule has 2 fully saturated rings. The lowest BCUT2D eigenvalue weighted by atomic mass is 10.0. The minimum absolute atomic E-state index is 0.347. The quantitative estimate of drug-likeness (QED) is 0.486. The molecule has 2 saturated heterocycles. The van der Waals surface area contributed by atoms with Gasteiger partial charge in [-0.2, -0.15) is 4.98 Å². The largest absolute Gasteiger partial charge is 0.431 e. The number of hydrogen-bond donors (Lipinski definition) is 1. The van der Waals surface area contributed by atoms with Crippen LogP contribution in [0.5, 0.6) is 10.9 Å². The number of thiazole rings is 1. The van der Waals surface area contributed by atoms with Gasteiger partial charge in [0.2, 0.25) is 5.91 Å². The highest BCUT2D eigenvalue weighted by atomic mass is 32.1. The van der Waals surface area contributed by atoms with Crippen LogP contribution in [-0.4, -0.2) is 56.3 Å². The number of ether oxygens (including phenoxy) is 1. The van der Waals surface area contributed by atoms with E-state index < -0.39 is 0 Å². The second kappa shape index (κ2) is 8.18. The van der Waals surface area contributed by atoms with E-state index in [0.29, 0.717) is 22.8 Å². The molecule has 8 heteroatoms. The molecule has 5 heterocycles. The van der Waals surface area contributed by atoms with Gasteiger partial charge in [0.25, 0.3) is 5.19 Å². The van der Waals surface area contributed by atoms with Gasteiger partial charge in [0, 0.05) is 68.0 Å². The SMILES string of the molecule is O=C1CCCN1C1CCN(Cc2c[nH]c3cc(Oc4nc5ncccc5s4)ccc23)CC1. The highest BCUT2D eigenvalue weighted by Gasteiger charge is 2.30. The van der Waals surface area contributed by atoms with Crippen molar-refractivity contribution in [2.75, 3.05) is 19.6 Å². The normalized spacial score (nSPS) is 18.2. The van der Waals surface area contributed by atoms with Crippen LogP contribution in [0.2, 0.25) is 0 Å². The van der Waals surface area contributed by atoms with Gasteiger partial charge in [0.1, 0.15) is 5.75 Å². The molecule has 0 aliphatic carbocycles. The molecule has 7 nitrogen and oxygen atoms in total. The predicted octanol–water partition coefficient (Wildman–Crippen LogP) is 4.55. The fourth-order valence-electron chi connectivity index (χ4n) is 4.94. The maximum atomic E-state index is 12.0. The number of amides is 1. The van der Waals surface area contributed by atoms with E-state index in [4.69, 9.17) is 4.74 Å². The van der Waals surface area contributed by atoms with Crippen LogP contribution in [0.3, 0.4) is 0 Å². The van der Waals surface area contributed by atoms with Gasteiger partial charge in [0.05, 0.1) is 4.70 Å². The van der Waals surface area contributed by atoms with Crippen LogP contribution in [0.4, 0.5) is 0 Å². The van der Waals surface area contributed by atoms with Gasteiger partial charge in [0.15, 0.2) is 5.65 Å². The van der Waals surface area contributed by atoms with Crippen LogP contribution in [0.15, 0.2) is 42.7 Å². The number of pyridine rings is 1. The zero-order valence-corrected chi connectivity index (χ0v) is 18.6. The number of carbonyl (C=O) groups is 1. The Bertz CT molecular complexity index is 1240. The summed E-state index contributed by atoms with van der Waals surface area (Å²) in [5.74, 6) is 1.11. The van der Waals surface area contributed by atoms with Crippen LogP contribution in [0, 0.1) is 0 Å². The lowest BCUT2D eigenvalue weighted by Gasteiger charge is -2.36. The number of aromatic amines is 1. The maximum Gasteiger partial charge on any atom is 0.281 e. The molecule has 0 bridgehead atoms. The molecule has 1 N–H and O–H groups in total. The van der Waals surface area contributed by atoms with Crippen LogP contribution in [-0.2, 0) is 11.3 Å². The number of carbonyl (C=O) groups excluding carboxylic acids is 1. The molecule has 6 rings (SSSR count). The van der Waals surface area contributed by atoms with Crippen molar-refractivity contribution in [3.05, 3.63) is 48.3 Å². The van der Waals surface area contributed by atoms with Gasteiger partial charge in [-0.15, -0.1) is 0 Å². The number of hydrogen-bond acceptors (Lipinski definition) is 6. The minimum atomic E-state index is 0.347. The van der Waals surface area contributed by atoms with Gasteiger partial charge in [-0.05, 0) is 49.1 Å². The van der Waals surface area contributed by atoms with E-state index in [2.05, 4.69) is 37.0 Å². The summed E-state index contributed by atoms with van der Waals surface area (Å²) in [7, 11) is 0. The summed E-state index contributed by atoms with van der Waals surface area (Å²) in [5.41, 5.74) is 3.08. The van der Waals surface area contributed by atoms with Crippen molar-refractivity contribution in [2.45, 2.75) is 38.3 Å². The van der Waals surface area contributed by atoms with Crippen molar-refractivity contribution in [3.8, 4) is 10.9 Å². The number of aromatic nitrogens is 3. The number of nitrogens with one attached hydrogen (secondary N) is 1. The summed E-state index contributed by atoms with van der Waals surface area (Å²) >= 11 is 1.50. The van der Waals surface area contributed by atoms with E-state index in [-0.39, 0.29) is 0 Å². The van der Waals surface area contributed by atoms with E-state index in [1.807, 2.05) is 24.3 Å². The van der Waals surface area contributed by atoms with Crippen LogP contribution in [0.25, 0.3) is 21.3 Å². The first-order valence-electron chi connectivity index (χ1n) is 11.2. The van der Waals surface area contributed by atoms with E-state index in [1.54, 1.807) is 6.20 Å². The van der Waals surface area contributed by atoms with Crippen molar-refractivity contribution < 1.29 is 9.53 Å². The van der Waals surface area contributed by atoms with E-state index >= 15 is 0 Å². The van der Waals surface area contributed by atoms with Crippen molar-refractivity contribution in [1.29, 1.82) is 0 Å². The molecule has 0 radical (unpaired) electrons. The third-order valence-electron chi connectivity index (χ3n) is 6.59. The molecule has 0 atom stereocenters. The van der Waals surface area contributed by atoms with Gasteiger partial charge < -0.3 is 14.6 Å². The third-order valence-corrected chi connectivity index (χ3v) is 7.48. The summed E-state index contributed by atoms with van der Waals surface area (Å²) in [6.45, 7) is 3.94. The average Bonchev–Trinajstić information content (AvgIpc) is 3.52. The van der Waals surface area contributed by atoms with Gasteiger partial charge in [-0.25, -0.2) is 4.98 Å². The number of likely N-dealkylation sites (tertiary alicyclic amines) is 2.